The van der Waals surface area contributed by atoms with E-state index in [1.54, 1.807) is 0 Å². The largest absolute Gasteiger partial charge is 0.356 e. The van der Waals surface area contributed by atoms with E-state index < -0.39 is 0 Å². The quantitative estimate of drug-likeness (QED) is 0.735. The average Bonchev–Trinajstić information content (AvgIpc) is 2.35. The van der Waals surface area contributed by atoms with Gasteiger partial charge >= 0.3 is 0 Å². The summed E-state index contributed by atoms with van der Waals surface area (Å²) in [6.45, 7) is 8.08. The zero-order valence-electron chi connectivity index (χ0n) is 12.8. The summed E-state index contributed by atoms with van der Waals surface area (Å²) in [5.74, 6) is 1.72. The Kier molecular flexibility index (Phi) is 7.39. The number of likely N-dealkylation sites (tertiary alicyclic amines) is 1. The molecule has 0 aromatic rings. The predicted molar refractivity (Wildman–Crippen MR) is 79.8 cm³/mol. The van der Waals surface area contributed by atoms with Gasteiger partial charge in [-0.05, 0) is 57.2 Å². The van der Waals surface area contributed by atoms with Gasteiger partial charge in [0.25, 0.3) is 0 Å². The molecule has 0 aromatic carbocycles. The highest BCUT2D eigenvalue weighted by Gasteiger charge is 2.19. The van der Waals surface area contributed by atoms with E-state index in [0.29, 0.717) is 30.7 Å². The number of nitrogens with zero attached hydrogens (tertiary/aromatic N) is 1. The van der Waals surface area contributed by atoms with Crippen LogP contribution in [0, 0.1) is 17.8 Å². The van der Waals surface area contributed by atoms with Crippen molar-refractivity contribution in [1.82, 2.24) is 10.2 Å². The lowest BCUT2D eigenvalue weighted by molar-refractivity contribution is -0.122. The second kappa shape index (κ2) is 8.54. The van der Waals surface area contributed by atoms with Crippen molar-refractivity contribution in [2.45, 2.75) is 39.5 Å². The molecule has 1 rings (SSSR count). The molecule has 0 spiro atoms. The molecule has 0 bridgehead atoms. The molecule has 112 valence electrons. The van der Waals surface area contributed by atoms with Gasteiger partial charge in [-0.3, -0.25) is 4.79 Å². The molecular weight excluding hydrogens is 238 g/mol. The lowest BCUT2D eigenvalue weighted by Gasteiger charge is -2.29. The lowest BCUT2D eigenvalue weighted by Crippen LogP contribution is -2.39. The fraction of sp³-hybridized carbons (Fsp3) is 0.933. The maximum absolute atomic E-state index is 11.9. The molecule has 0 saturated carbocycles. The summed E-state index contributed by atoms with van der Waals surface area (Å²) in [7, 11) is 2.15. The zero-order chi connectivity index (χ0) is 14.3. The maximum atomic E-state index is 11.9. The van der Waals surface area contributed by atoms with E-state index >= 15 is 0 Å². The van der Waals surface area contributed by atoms with Crippen molar-refractivity contribution in [1.29, 1.82) is 0 Å². The van der Waals surface area contributed by atoms with Crippen molar-refractivity contribution >= 4 is 5.91 Å². The van der Waals surface area contributed by atoms with Crippen molar-refractivity contribution in [2.24, 2.45) is 23.5 Å². The van der Waals surface area contributed by atoms with Gasteiger partial charge in [-0.25, -0.2) is 0 Å². The van der Waals surface area contributed by atoms with Crippen LogP contribution in [-0.2, 0) is 4.79 Å². The van der Waals surface area contributed by atoms with Gasteiger partial charge in [0.1, 0.15) is 0 Å². The fourth-order valence-electron chi connectivity index (χ4n) is 2.96. The fourth-order valence-corrected chi connectivity index (χ4v) is 2.96. The Morgan fingerprint density at radius 2 is 2.21 bits per heavy atom. The van der Waals surface area contributed by atoms with Gasteiger partial charge in [-0.2, -0.15) is 0 Å². The minimum Gasteiger partial charge on any atom is -0.356 e. The first-order chi connectivity index (χ1) is 9.01. The van der Waals surface area contributed by atoms with Gasteiger partial charge in [0.05, 0.1) is 0 Å². The Balaban J connectivity index is 2.22. The molecule has 0 radical (unpaired) electrons. The molecule has 3 N–H and O–H groups in total. The lowest BCUT2D eigenvalue weighted by atomic mass is 9.93. The van der Waals surface area contributed by atoms with E-state index in [1.807, 2.05) is 0 Å². The third kappa shape index (κ3) is 6.92. The van der Waals surface area contributed by atoms with Crippen molar-refractivity contribution in [3.05, 3.63) is 0 Å². The van der Waals surface area contributed by atoms with Gasteiger partial charge < -0.3 is 16.0 Å². The summed E-state index contributed by atoms with van der Waals surface area (Å²) in [5, 5.41) is 3.09. The van der Waals surface area contributed by atoms with E-state index in [1.165, 1.54) is 19.4 Å². The van der Waals surface area contributed by atoms with E-state index in [-0.39, 0.29) is 5.91 Å². The number of nitrogens with one attached hydrogen (secondary N) is 1. The van der Waals surface area contributed by atoms with Crippen molar-refractivity contribution in [3.63, 3.8) is 0 Å². The Bertz CT molecular complexity index is 268. The molecule has 1 aliphatic heterocycles. The average molecular weight is 269 g/mol. The van der Waals surface area contributed by atoms with Gasteiger partial charge in [-0.15, -0.1) is 0 Å². The van der Waals surface area contributed by atoms with Crippen LogP contribution in [0.4, 0.5) is 0 Å². The molecule has 2 unspecified atom stereocenters. The summed E-state index contributed by atoms with van der Waals surface area (Å²) in [4.78, 5) is 14.3. The first-order valence-electron chi connectivity index (χ1n) is 7.66. The summed E-state index contributed by atoms with van der Waals surface area (Å²) >= 11 is 0. The summed E-state index contributed by atoms with van der Waals surface area (Å²) < 4.78 is 0. The van der Waals surface area contributed by atoms with Gasteiger partial charge in [-0.1, -0.05) is 13.8 Å². The second-order valence-electron chi connectivity index (χ2n) is 6.51. The molecule has 1 heterocycles. The Morgan fingerprint density at radius 1 is 1.47 bits per heavy atom. The number of hydrogen-bond acceptors (Lipinski definition) is 3. The molecule has 19 heavy (non-hydrogen) atoms. The van der Waals surface area contributed by atoms with Crippen LogP contribution >= 0.6 is 0 Å². The smallest absolute Gasteiger partial charge is 0.220 e. The predicted octanol–water partition coefficient (Wildman–Crippen LogP) is 1.46. The summed E-state index contributed by atoms with van der Waals surface area (Å²) in [6.07, 6.45) is 4.10. The van der Waals surface area contributed by atoms with E-state index in [4.69, 9.17) is 5.73 Å². The topological polar surface area (TPSA) is 58.4 Å². The van der Waals surface area contributed by atoms with Gasteiger partial charge in [0.15, 0.2) is 0 Å². The first kappa shape index (κ1) is 16.4. The van der Waals surface area contributed by atoms with E-state index in [9.17, 15) is 4.79 Å². The number of rotatable bonds is 7. The molecule has 2 atom stereocenters. The van der Waals surface area contributed by atoms with Crippen LogP contribution in [0.1, 0.15) is 39.5 Å². The number of amides is 1. The molecular formula is C15H31N3O. The monoisotopic (exact) mass is 269 g/mol. The van der Waals surface area contributed by atoms with E-state index in [0.717, 1.165) is 19.5 Å². The van der Waals surface area contributed by atoms with Gasteiger partial charge in [0.2, 0.25) is 5.91 Å². The highest BCUT2D eigenvalue weighted by molar-refractivity contribution is 5.76. The van der Waals surface area contributed by atoms with Gasteiger partial charge in [0, 0.05) is 19.5 Å². The highest BCUT2D eigenvalue weighted by atomic mass is 16.1. The SMILES string of the molecule is CC(C)CC(CN)CC(=O)NCC1CCCN(C)C1. The molecule has 4 heteroatoms. The Morgan fingerprint density at radius 3 is 2.79 bits per heavy atom. The van der Waals surface area contributed by atoms with Crippen molar-refractivity contribution in [2.75, 3.05) is 33.2 Å². The molecule has 1 amide bonds. The third-order valence-electron chi connectivity index (χ3n) is 3.92. The molecule has 1 saturated heterocycles. The van der Waals surface area contributed by atoms with Crippen LogP contribution in [0.5, 0.6) is 0 Å². The van der Waals surface area contributed by atoms with Crippen LogP contribution < -0.4 is 11.1 Å². The molecule has 1 aliphatic rings. The standard InChI is InChI=1S/C15H31N3O/c1-12(2)7-14(9-16)8-15(19)17-10-13-5-4-6-18(3)11-13/h12-14H,4-11,16H2,1-3H3,(H,17,19). The molecule has 0 aliphatic carbocycles. The number of nitrogens with two attached hydrogens (primary N) is 1. The Labute approximate surface area is 118 Å². The third-order valence-corrected chi connectivity index (χ3v) is 3.92. The molecule has 1 fully saturated rings. The van der Waals surface area contributed by atoms with Crippen molar-refractivity contribution < 1.29 is 4.79 Å². The zero-order valence-corrected chi connectivity index (χ0v) is 12.8. The van der Waals surface area contributed by atoms with Crippen LogP contribution in [0.2, 0.25) is 0 Å². The van der Waals surface area contributed by atoms with Crippen LogP contribution in [0.3, 0.4) is 0 Å². The molecule has 4 nitrogen and oxygen atoms in total. The minimum absolute atomic E-state index is 0.171. The van der Waals surface area contributed by atoms with Crippen LogP contribution in [0.15, 0.2) is 0 Å². The number of carbonyl (C=O) groups is 1. The highest BCUT2D eigenvalue weighted by Crippen LogP contribution is 2.16. The molecule has 0 aromatic heterocycles. The van der Waals surface area contributed by atoms with Crippen molar-refractivity contribution in [3.8, 4) is 0 Å². The number of piperidine rings is 1. The summed E-state index contributed by atoms with van der Waals surface area (Å²) in [6, 6.07) is 0. The van der Waals surface area contributed by atoms with Crippen LogP contribution in [-0.4, -0.2) is 44.0 Å². The minimum atomic E-state index is 0.171. The maximum Gasteiger partial charge on any atom is 0.220 e. The van der Waals surface area contributed by atoms with E-state index in [2.05, 4.69) is 31.1 Å². The normalized spacial score (nSPS) is 22.5. The summed E-state index contributed by atoms with van der Waals surface area (Å²) in [5.41, 5.74) is 5.74. The van der Waals surface area contributed by atoms with Crippen LogP contribution in [0.25, 0.3) is 0 Å². The second-order valence-corrected chi connectivity index (χ2v) is 6.51. The first-order valence-corrected chi connectivity index (χ1v) is 7.66. The number of hydrogen-bond donors (Lipinski definition) is 2. The number of carbonyl (C=O) groups excluding carboxylic acids is 1. The Hall–Kier alpha value is -0.610.